The van der Waals surface area contributed by atoms with Gasteiger partial charge in [-0.2, -0.15) is 11.8 Å². The van der Waals surface area contributed by atoms with Crippen LogP contribution < -0.4 is 0 Å². The predicted molar refractivity (Wildman–Crippen MR) is 76.0 cm³/mol. The van der Waals surface area contributed by atoms with Crippen LogP contribution in [-0.2, 0) is 5.75 Å². The Labute approximate surface area is 107 Å². The molecule has 1 aromatic carbocycles. The Kier molecular flexibility index (Phi) is 3.75. The molecule has 0 spiro atoms. The van der Waals surface area contributed by atoms with Crippen LogP contribution in [0.2, 0.25) is 0 Å². The first-order chi connectivity index (χ1) is 7.16. The maximum absolute atomic E-state index is 3.51. The van der Waals surface area contributed by atoms with Crippen molar-refractivity contribution in [2.45, 2.75) is 24.9 Å². The molecule has 0 aliphatic heterocycles. The van der Waals surface area contributed by atoms with E-state index in [0.717, 1.165) is 5.75 Å². The second-order valence-electron chi connectivity index (χ2n) is 3.76. The van der Waals surface area contributed by atoms with Gasteiger partial charge in [-0.05, 0) is 33.7 Å². The smallest absolute Gasteiger partial charge is 0.0357 e. The minimum atomic E-state index is 0.704. The summed E-state index contributed by atoms with van der Waals surface area (Å²) in [7, 11) is 0. The van der Waals surface area contributed by atoms with Crippen molar-refractivity contribution in [3.8, 4) is 0 Å². The highest BCUT2D eigenvalue weighted by atomic mass is 79.9. The second kappa shape index (κ2) is 4.89. The molecule has 0 saturated carbocycles. The van der Waals surface area contributed by atoms with Crippen LogP contribution in [-0.4, -0.2) is 5.25 Å². The Morgan fingerprint density at radius 2 is 2.20 bits per heavy atom. The summed E-state index contributed by atoms with van der Waals surface area (Å²) in [5, 5.41) is 4.40. The molecule has 15 heavy (non-hydrogen) atoms. The Morgan fingerprint density at radius 1 is 1.40 bits per heavy atom. The standard InChI is InChI=1S/C12H13BrS2/c1-8(2)14-6-9-7-15-12-5-10(13)3-4-11(9)12/h3-5,7-8H,6H2,1-2H3. The number of thioether (sulfide) groups is 1. The number of benzene rings is 1. The molecule has 2 rings (SSSR count). The van der Waals surface area contributed by atoms with E-state index < -0.39 is 0 Å². The van der Waals surface area contributed by atoms with Gasteiger partial charge in [0.1, 0.15) is 0 Å². The number of halogens is 1. The lowest BCUT2D eigenvalue weighted by Crippen LogP contribution is -1.87. The Balaban J connectivity index is 2.29. The van der Waals surface area contributed by atoms with E-state index in [4.69, 9.17) is 0 Å². The van der Waals surface area contributed by atoms with Crippen molar-refractivity contribution in [1.82, 2.24) is 0 Å². The quantitative estimate of drug-likeness (QED) is 0.740. The van der Waals surface area contributed by atoms with Crippen LogP contribution in [0.15, 0.2) is 28.1 Å². The fourth-order valence-corrected chi connectivity index (χ4v) is 3.80. The van der Waals surface area contributed by atoms with Gasteiger partial charge in [0, 0.05) is 14.9 Å². The van der Waals surface area contributed by atoms with Crippen molar-refractivity contribution in [1.29, 1.82) is 0 Å². The molecule has 0 N–H and O–H groups in total. The first-order valence-corrected chi connectivity index (χ1v) is 7.66. The number of hydrogen-bond acceptors (Lipinski definition) is 2. The minimum absolute atomic E-state index is 0.704. The van der Waals surface area contributed by atoms with E-state index >= 15 is 0 Å². The van der Waals surface area contributed by atoms with Crippen LogP contribution in [0.5, 0.6) is 0 Å². The van der Waals surface area contributed by atoms with E-state index in [0.29, 0.717) is 5.25 Å². The Hall–Kier alpha value is 0.01000. The summed E-state index contributed by atoms with van der Waals surface area (Å²) in [4.78, 5) is 0. The average molecular weight is 301 g/mol. The highest BCUT2D eigenvalue weighted by Crippen LogP contribution is 2.31. The fourth-order valence-electron chi connectivity index (χ4n) is 1.43. The largest absolute Gasteiger partial charge is 0.154 e. The highest BCUT2D eigenvalue weighted by molar-refractivity contribution is 9.10. The van der Waals surface area contributed by atoms with Gasteiger partial charge in [-0.25, -0.2) is 0 Å². The topological polar surface area (TPSA) is 0 Å². The number of hydrogen-bond donors (Lipinski definition) is 0. The zero-order chi connectivity index (χ0) is 10.8. The number of fused-ring (bicyclic) bond motifs is 1. The van der Waals surface area contributed by atoms with E-state index in [1.807, 2.05) is 23.1 Å². The molecule has 80 valence electrons. The van der Waals surface area contributed by atoms with Crippen LogP contribution in [0, 0.1) is 0 Å². The van der Waals surface area contributed by atoms with Crippen molar-refractivity contribution in [3.63, 3.8) is 0 Å². The molecule has 0 nitrogen and oxygen atoms in total. The summed E-state index contributed by atoms with van der Waals surface area (Å²) in [5.41, 5.74) is 1.47. The lowest BCUT2D eigenvalue weighted by atomic mass is 10.2. The van der Waals surface area contributed by atoms with E-state index in [9.17, 15) is 0 Å². The number of rotatable bonds is 3. The third kappa shape index (κ3) is 2.77. The molecule has 0 atom stereocenters. The molecule has 0 amide bonds. The van der Waals surface area contributed by atoms with Crippen LogP contribution in [0.4, 0.5) is 0 Å². The molecule has 1 aromatic heterocycles. The molecule has 0 unspecified atom stereocenters. The third-order valence-corrected chi connectivity index (χ3v) is 4.82. The van der Waals surface area contributed by atoms with Crippen molar-refractivity contribution in [3.05, 3.63) is 33.6 Å². The average Bonchev–Trinajstić information content (AvgIpc) is 2.57. The zero-order valence-corrected chi connectivity index (χ0v) is 12.0. The van der Waals surface area contributed by atoms with E-state index in [-0.39, 0.29) is 0 Å². The molecular formula is C12H13BrS2. The Bertz CT molecular complexity index is 460. The summed E-state index contributed by atoms with van der Waals surface area (Å²) < 4.78 is 2.55. The van der Waals surface area contributed by atoms with Gasteiger partial charge in [-0.15, -0.1) is 11.3 Å². The molecule has 0 fully saturated rings. The Morgan fingerprint density at radius 3 is 2.93 bits per heavy atom. The molecular weight excluding hydrogens is 288 g/mol. The predicted octanol–water partition coefficient (Wildman–Crippen LogP) is 5.31. The molecule has 1 heterocycles. The van der Waals surface area contributed by atoms with E-state index in [1.165, 1.54) is 20.1 Å². The van der Waals surface area contributed by atoms with Gasteiger partial charge in [0.15, 0.2) is 0 Å². The molecule has 0 aliphatic carbocycles. The molecule has 3 heteroatoms. The molecule has 0 radical (unpaired) electrons. The van der Waals surface area contributed by atoms with Gasteiger partial charge < -0.3 is 0 Å². The van der Waals surface area contributed by atoms with Gasteiger partial charge in [-0.3, -0.25) is 0 Å². The van der Waals surface area contributed by atoms with Crippen molar-refractivity contribution in [2.24, 2.45) is 0 Å². The van der Waals surface area contributed by atoms with Crippen LogP contribution in [0.3, 0.4) is 0 Å². The fraction of sp³-hybridized carbons (Fsp3) is 0.333. The molecule has 2 aromatic rings. The van der Waals surface area contributed by atoms with Crippen LogP contribution in [0.1, 0.15) is 19.4 Å². The van der Waals surface area contributed by atoms with Crippen LogP contribution in [0.25, 0.3) is 10.1 Å². The van der Waals surface area contributed by atoms with Crippen molar-refractivity contribution < 1.29 is 0 Å². The third-order valence-electron chi connectivity index (χ3n) is 2.19. The molecule has 0 bridgehead atoms. The van der Waals surface area contributed by atoms with Gasteiger partial charge >= 0.3 is 0 Å². The minimum Gasteiger partial charge on any atom is -0.154 e. The van der Waals surface area contributed by atoms with Crippen molar-refractivity contribution >= 4 is 49.1 Å². The monoisotopic (exact) mass is 300 g/mol. The number of thiophene rings is 1. The summed E-state index contributed by atoms with van der Waals surface area (Å²) in [6, 6.07) is 6.54. The SMILES string of the molecule is CC(C)SCc1csc2cc(Br)ccc12. The summed E-state index contributed by atoms with van der Waals surface area (Å²) >= 11 is 7.34. The maximum atomic E-state index is 3.51. The molecule has 0 aliphatic rings. The summed E-state index contributed by atoms with van der Waals surface area (Å²) in [5.74, 6) is 1.12. The van der Waals surface area contributed by atoms with Gasteiger partial charge in [-0.1, -0.05) is 35.8 Å². The normalized spacial score (nSPS) is 11.5. The van der Waals surface area contributed by atoms with Gasteiger partial charge in [0.05, 0.1) is 0 Å². The van der Waals surface area contributed by atoms with Crippen LogP contribution >= 0.6 is 39.0 Å². The lowest BCUT2D eigenvalue weighted by Gasteiger charge is -2.03. The summed E-state index contributed by atoms with van der Waals surface area (Å²) in [6.07, 6.45) is 0. The second-order valence-corrected chi connectivity index (χ2v) is 7.15. The zero-order valence-electron chi connectivity index (χ0n) is 8.79. The van der Waals surface area contributed by atoms with E-state index in [1.54, 1.807) is 0 Å². The van der Waals surface area contributed by atoms with Crippen molar-refractivity contribution in [2.75, 3.05) is 0 Å². The maximum Gasteiger partial charge on any atom is 0.0357 e. The highest BCUT2D eigenvalue weighted by Gasteiger charge is 2.05. The summed E-state index contributed by atoms with van der Waals surface area (Å²) in [6.45, 7) is 4.49. The first kappa shape index (κ1) is 11.5. The van der Waals surface area contributed by atoms with Gasteiger partial charge in [0.25, 0.3) is 0 Å². The lowest BCUT2D eigenvalue weighted by molar-refractivity contribution is 1.11. The van der Waals surface area contributed by atoms with Gasteiger partial charge in [0.2, 0.25) is 0 Å². The first-order valence-electron chi connectivity index (χ1n) is 4.94. The molecule has 0 saturated heterocycles. The van der Waals surface area contributed by atoms with E-state index in [2.05, 4.69) is 53.4 Å².